The van der Waals surface area contributed by atoms with Gasteiger partial charge < -0.3 is 14.4 Å². The largest absolute Gasteiger partial charge is 0.392 e. The Balaban J connectivity index is 0. The zero-order valence-corrected chi connectivity index (χ0v) is 17.8. The standard InChI is InChI=1S/C11H13NO.C8H10O.C2H6O.C2H6/c1-8-10(7-13)9-5-3-4-6-11(9)12(8)2;1-3-8(2)6-4-5-7-9;1-3-2;1-2/h3-6,13H,7H2,1-2H3;3-7H,1H2,2H3;1-2H3;1-2H3/b;5-4+,8-6-;;. The van der Waals surface area contributed by atoms with Crippen LogP contribution in [-0.4, -0.2) is 30.2 Å². The molecule has 0 radical (unpaired) electrons. The summed E-state index contributed by atoms with van der Waals surface area (Å²) < 4.78 is 6.36. The highest BCUT2D eigenvalue weighted by molar-refractivity contribution is 5.85. The minimum atomic E-state index is 0.118. The van der Waals surface area contributed by atoms with Gasteiger partial charge in [0.05, 0.1) is 6.61 Å². The van der Waals surface area contributed by atoms with E-state index >= 15 is 0 Å². The summed E-state index contributed by atoms with van der Waals surface area (Å²) in [5.74, 6) is 0. The Kier molecular flexibility index (Phi) is 16.9. The number of benzene rings is 1. The lowest BCUT2D eigenvalue weighted by molar-refractivity contribution is -0.104. The van der Waals surface area contributed by atoms with Crippen LogP contribution < -0.4 is 0 Å². The highest BCUT2D eigenvalue weighted by Gasteiger charge is 2.09. The van der Waals surface area contributed by atoms with Gasteiger partial charge in [-0.25, -0.2) is 0 Å². The third-order valence-electron chi connectivity index (χ3n) is 3.56. The van der Waals surface area contributed by atoms with E-state index in [9.17, 15) is 9.90 Å². The maximum atomic E-state index is 9.73. The van der Waals surface area contributed by atoms with Gasteiger partial charge in [0.2, 0.25) is 0 Å². The molecule has 1 N–H and O–H groups in total. The number of carbonyl (C=O) groups is 1. The zero-order chi connectivity index (χ0) is 21.2. The molecule has 0 atom stereocenters. The number of fused-ring (bicyclic) bond motifs is 1. The number of aldehydes is 1. The van der Waals surface area contributed by atoms with Crippen LogP contribution in [0, 0.1) is 6.92 Å². The SMILES string of the molecule is C=C/C(C)=C\C=C\C=O.CC.COC.Cc1c(CO)c2ccccc2n1C. The van der Waals surface area contributed by atoms with Gasteiger partial charge in [0, 0.05) is 43.4 Å². The molecule has 0 aliphatic carbocycles. The van der Waals surface area contributed by atoms with Crippen LogP contribution in [0.3, 0.4) is 0 Å². The smallest absolute Gasteiger partial charge is 0.142 e. The van der Waals surface area contributed by atoms with Gasteiger partial charge in [-0.1, -0.05) is 62.4 Å². The van der Waals surface area contributed by atoms with Crippen molar-refractivity contribution >= 4 is 17.2 Å². The van der Waals surface area contributed by atoms with Crippen LogP contribution in [0.4, 0.5) is 0 Å². The molecule has 0 amide bonds. The molecule has 1 aromatic heterocycles. The summed E-state index contributed by atoms with van der Waals surface area (Å²) in [4.78, 5) is 9.73. The number of allylic oxidation sites excluding steroid dienone is 5. The second-order valence-corrected chi connectivity index (χ2v) is 5.34. The third-order valence-corrected chi connectivity index (χ3v) is 3.56. The minimum Gasteiger partial charge on any atom is -0.392 e. The van der Waals surface area contributed by atoms with E-state index in [1.54, 1.807) is 26.4 Å². The average molecular weight is 374 g/mol. The van der Waals surface area contributed by atoms with Crippen LogP contribution in [0.15, 0.2) is 60.7 Å². The number of aromatic nitrogens is 1. The van der Waals surface area contributed by atoms with Gasteiger partial charge >= 0.3 is 0 Å². The number of carbonyl (C=O) groups excluding carboxylic acids is 1. The number of hydrogen-bond acceptors (Lipinski definition) is 3. The Morgan fingerprint density at radius 2 is 1.78 bits per heavy atom. The van der Waals surface area contributed by atoms with Crippen molar-refractivity contribution in [1.82, 2.24) is 4.57 Å². The number of aryl methyl sites for hydroxylation is 1. The highest BCUT2D eigenvalue weighted by atomic mass is 16.4. The Labute approximate surface area is 164 Å². The fourth-order valence-electron chi connectivity index (χ4n) is 2.12. The number of methoxy groups -OCH3 is 1. The van der Waals surface area contributed by atoms with Crippen LogP contribution in [0.25, 0.3) is 10.9 Å². The van der Waals surface area contributed by atoms with Gasteiger partial charge in [-0.15, -0.1) is 0 Å². The van der Waals surface area contributed by atoms with E-state index in [2.05, 4.69) is 21.9 Å². The van der Waals surface area contributed by atoms with E-state index < -0.39 is 0 Å². The monoisotopic (exact) mass is 373 g/mol. The van der Waals surface area contributed by atoms with Crippen molar-refractivity contribution in [3.8, 4) is 0 Å². The summed E-state index contributed by atoms with van der Waals surface area (Å²) in [6.45, 7) is 11.6. The van der Waals surface area contributed by atoms with E-state index in [0.29, 0.717) is 0 Å². The van der Waals surface area contributed by atoms with E-state index in [-0.39, 0.29) is 6.61 Å². The lowest BCUT2D eigenvalue weighted by Crippen LogP contribution is -1.91. The maximum absolute atomic E-state index is 9.73. The molecule has 4 nitrogen and oxygen atoms in total. The van der Waals surface area contributed by atoms with Crippen molar-refractivity contribution in [2.45, 2.75) is 34.3 Å². The number of para-hydroxylation sites is 1. The summed E-state index contributed by atoms with van der Waals surface area (Å²) in [6.07, 6.45) is 7.42. The highest BCUT2D eigenvalue weighted by Crippen LogP contribution is 2.24. The normalized spacial score (nSPS) is 10.1. The Bertz CT molecular complexity index is 725. The molecule has 0 bridgehead atoms. The molecule has 150 valence electrons. The second kappa shape index (κ2) is 17.0. The van der Waals surface area contributed by atoms with Crippen LogP contribution in [-0.2, 0) is 23.2 Å². The number of aliphatic hydroxyl groups excluding tert-OH is 1. The van der Waals surface area contributed by atoms with Crippen LogP contribution in [0.2, 0.25) is 0 Å². The van der Waals surface area contributed by atoms with Crippen LogP contribution >= 0.6 is 0 Å². The lowest BCUT2D eigenvalue weighted by Gasteiger charge is -1.97. The lowest BCUT2D eigenvalue weighted by atomic mass is 10.1. The van der Waals surface area contributed by atoms with E-state index in [0.717, 1.165) is 28.5 Å². The molecule has 0 aliphatic rings. The van der Waals surface area contributed by atoms with Gasteiger partial charge in [0.15, 0.2) is 0 Å². The van der Waals surface area contributed by atoms with Crippen molar-refractivity contribution in [3.63, 3.8) is 0 Å². The molecule has 0 aliphatic heterocycles. The van der Waals surface area contributed by atoms with Crippen molar-refractivity contribution in [1.29, 1.82) is 0 Å². The molecule has 1 heterocycles. The van der Waals surface area contributed by atoms with Crippen molar-refractivity contribution in [2.75, 3.05) is 14.2 Å². The number of ether oxygens (including phenoxy) is 1. The molecular formula is C23H35NO3. The van der Waals surface area contributed by atoms with E-state index in [4.69, 9.17) is 0 Å². The Morgan fingerprint density at radius 3 is 2.26 bits per heavy atom. The Hall–Kier alpha value is -2.43. The molecule has 27 heavy (non-hydrogen) atoms. The van der Waals surface area contributed by atoms with Gasteiger partial charge in [-0.05, 0) is 26.0 Å². The summed E-state index contributed by atoms with van der Waals surface area (Å²) in [6, 6.07) is 8.14. The summed E-state index contributed by atoms with van der Waals surface area (Å²) in [5, 5.41) is 10.4. The molecule has 0 saturated heterocycles. The average Bonchev–Trinajstić information content (AvgIpc) is 2.95. The maximum Gasteiger partial charge on any atom is 0.142 e. The van der Waals surface area contributed by atoms with Crippen molar-refractivity contribution in [3.05, 3.63) is 72.0 Å². The molecule has 0 saturated carbocycles. The van der Waals surface area contributed by atoms with Crippen LogP contribution in [0.1, 0.15) is 32.0 Å². The number of aliphatic hydroxyl groups is 1. The zero-order valence-electron chi connectivity index (χ0n) is 17.8. The molecule has 0 spiro atoms. The first kappa shape index (κ1) is 26.8. The van der Waals surface area contributed by atoms with Crippen LogP contribution in [0.5, 0.6) is 0 Å². The predicted molar refractivity (Wildman–Crippen MR) is 117 cm³/mol. The molecule has 4 heteroatoms. The van der Waals surface area contributed by atoms with Gasteiger partial charge in [-0.3, -0.25) is 4.79 Å². The first-order valence-electron chi connectivity index (χ1n) is 8.93. The first-order valence-corrected chi connectivity index (χ1v) is 8.93. The van der Waals surface area contributed by atoms with Gasteiger partial charge in [0.25, 0.3) is 0 Å². The number of nitrogens with zero attached hydrogens (tertiary/aromatic N) is 1. The van der Waals surface area contributed by atoms with E-state index in [1.807, 2.05) is 59.0 Å². The van der Waals surface area contributed by atoms with Gasteiger partial charge in [0.1, 0.15) is 6.29 Å². The second-order valence-electron chi connectivity index (χ2n) is 5.34. The summed E-state index contributed by atoms with van der Waals surface area (Å²) in [7, 11) is 5.27. The van der Waals surface area contributed by atoms with Crippen molar-refractivity contribution in [2.24, 2.45) is 7.05 Å². The predicted octanol–water partition coefficient (Wildman–Crippen LogP) is 5.14. The molecular weight excluding hydrogens is 338 g/mol. The summed E-state index contributed by atoms with van der Waals surface area (Å²) in [5.41, 5.74) is 4.42. The molecule has 0 unspecified atom stereocenters. The Morgan fingerprint density at radius 1 is 1.22 bits per heavy atom. The molecule has 2 aromatic rings. The fraction of sp³-hybridized carbons (Fsp3) is 0.348. The molecule has 2 rings (SSSR count). The van der Waals surface area contributed by atoms with Gasteiger partial charge in [-0.2, -0.15) is 0 Å². The molecule has 0 fully saturated rings. The number of hydrogen-bond donors (Lipinski definition) is 1. The fourth-order valence-corrected chi connectivity index (χ4v) is 2.12. The topological polar surface area (TPSA) is 51.5 Å². The quantitative estimate of drug-likeness (QED) is 0.458. The van der Waals surface area contributed by atoms with E-state index in [1.165, 1.54) is 11.6 Å². The third kappa shape index (κ3) is 9.73. The molecule has 1 aromatic carbocycles. The first-order chi connectivity index (χ1) is 13.0. The minimum absolute atomic E-state index is 0.118. The number of rotatable bonds is 4. The summed E-state index contributed by atoms with van der Waals surface area (Å²) >= 11 is 0. The van der Waals surface area contributed by atoms with Crippen molar-refractivity contribution < 1.29 is 14.6 Å².